The lowest BCUT2D eigenvalue weighted by atomic mass is 9.80. The Labute approximate surface area is 79.3 Å². The molecular formula is C12H15N. The molecule has 0 spiro atoms. The summed E-state index contributed by atoms with van der Waals surface area (Å²) >= 11 is 0. The summed E-state index contributed by atoms with van der Waals surface area (Å²) in [6, 6.07) is 8.61. The predicted octanol–water partition coefficient (Wildman–Crippen LogP) is 2.43. The molecule has 2 N–H and O–H groups in total. The number of hydrogen-bond donors (Lipinski definition) is 1. The van der Waals surface area contributed by atoms with Gasteiger partial charge in [-0.15, -0.1) is 6.58 Å². The molecule has 1 nitrogen and oxygen atoms in total. The second-order valence-corrected chi connectivity index (χ2v) is 3.66. The lowest BCUT2D eigenvalue weighted by molar-refractivity contribution is 0.456. The van der Waals surface area contributed by atoms with Crippen molar-refractivity contribution in [1.29, 1.82) is 0 Å². The summed E-state index contributed by atoms with van der Waals surface area (Å²) in [6.45, 7) is 3.83. The summed E-state index contributed by atoms with van der Waals surface area (Å²) in [5, 5.41) is 0. The first kappa shape index (κ1) is 8.52. The van der Waals surface area contributed by atoms with E-state index >= 15 is 0 Å². The van der Waals surface area contributed by atoms with E-state index in [1.54, 1.807) is 0 Å². The topological polar surface area (TPSA) is 26.0 Å². The van der Waals surface area contributed by atoms with Gasteiger partial charge in [-0.05, 0) is 29.9 Å². The van der Waals surface area contributed by atoms with Crippen LogP contribution in [0.2, 0.25) is 0 Å². The van der Waals surface area contributed by atoms with Gasteiger partial charge in [0.2, 0.25) is 0 Å². The number of fused-ring (bicyclic) bond motifs is 1. The lowest BCUT2D eigenvalue weighted by Crippen LogP contribution is -2.25. The molecule has 2 atom stereocenters. The first-order valence-corrected chi connectivity index (χ1v) is 4.79. The molecule has 0 radical (unpaired) electrons. The highest BCUT2D eigenvalue weighted by atomic mass is 14.7. The summed E-state index contributed by atoms with van der Waals surface area (Å²) in [6.07, 6.45) is 4.27. The van der Waals surface area contributed by atoms with Crippen LogP contribution in [0.25, 0.3) is 0 Å². The summed E-state index contributed by atoms with van der Waals surface area (Å²) in [5.74, 6) is 0.454. The maximum absolute atomic E-state index is 6.13. The van der Waals surface area contributed by atoms with E-state index in [4.69, 9.17) is 5.73 Å². The predicted molar refractivity (Wildman–Crippen MR) is 55.4 cm³/mol. The minimum atomic E-state index is 0.155. The molecule has 1 aromatic carbocycles. The van der Waals surface area contributed by atoms with Gasteiger partial charge in [0.15, 0.2) is 0 Å². The van der Waals surface area contributed by atoms with Gasteiger partial charge in [-0.3, -0.25) is 0 Å². The summed E-state index contributed by atoms with van der Waals surface area (Å²) in [7, 11) is 0. The Hall–Kier alpha value is -1.08. The number of aryl methyl sites for hydroxylation is 1. The van der Waals surface area contributed by atoms with Crippen LogP contribution in [0.4, 0.5) is 0 Å². The average Bonchev–Trinajstić information content (AvgIpc) is 2.19. The largest absolute Gasteiger partial charge is 0.323 e. The molecule has 1 aliphatic rings. The van der Waals surface area contributed by atoms with Crippen LogP contribution in [-0.2, 0) is 6.42 Å². The third kappa shape index (κ3) is 1.40. The third-order valence-corrected chi connectivity index (χ3v) is 2.93. The second-order valence-electron chi connectivity index (χ2n) is 3.66. The first-order valence-electron chi connectivity index (χ1n) is 4.79. The van der Waals surface area contributed by atoms with Crippen LogP contribution in [0.5, 0.6) is 0 Å². The van der Waals surface area contributed by atoms with Gasteiger partial charge in [-0.2, -0.15) is 0 Å². The number of rotatable bonds is 1. The lowest BCUT2D eigenvalue weighted by Gasteiger charge is -2.28. The van der Waals surface area contributed by atoms with E-state index in [1.807, 2.05) is 6.08 Å². The molecular weight excluding hydrogens is 158 g/mol. The van der Waals surface area contributed by atoms with E-state index < -0.39 is 0 Å². The Kier molecular flexibility index (Phi) is 2.19. The maximum atomic E-state index is 6.13. The van der Waals surface area contributed by atoms with E-state index in [9.17, 15) is 0 Å². The van der Waals surface area contributed by atoms with Crippen LogP contribution in [0.1, 0.15) is 23.6 Å². The Balaban J connectivity index is 2.38. The van der Waals surface area contributed by atoms with Gasteiger partial charge < -0.3 is 5.73 Å². The molecule has 1 heteroatoms. The van der Waals surface area contributed by atoms with Crippen molar-refractivity contribution in [3.63, 3.8) is 0 Å². The van der Waals surface area contributed by atoms with Crippen molar-refractivity contribution in [2.45, 2.75) is 18.9 Å². The molecule has 0 fully saturated rings. The van der Waals surface area contributed by atoms with E-state index in [1.165, 1.54) is 11.1 Å². The molecule has 68 valence electrons. The van der Waals surface area contributed by atoms with Gasteiger partial charge in [0.1, 0.15) is 0 Å². The van der Waals surface area contributed by atoms with Crippen LogP contribution in [0, 0.1) is 5.92 Å². The van der Waals surface area contributed by atoms with Gasteiger partial charge >= 0.3 is 0 Å². The van der Waals surface area contributed by atoms with E-state index in [-0.39, 0.29) is 6.04 Å². The van der Waals surface area contributed by atoms with E-state index in [2.05, 4.69) is 30.8 Å². The molecule has 0 saturated heterocycles. The summed E-state index contributed by atoms with van der Waals surface area (Å²) in [5.41, 5.74) is 8.84. The Bertz CT molecular complexity index is 317. The Morgan fingerprint density at radius 1 is 1.38 bits per heavy atom. The quantitative estimate of drug-likeness (QED) is 0.648. The number of hydrogen-bond acceptors (Lipinski definition) is 1. The fourth-order valence-corrected chi connectivity index (χ4v) is 2.08. The zero-order valence-corrected chi connectivity index (χ0v) is 7.74. The normalized spacial score (nSPS) is 26.5. The van der Waals surface area contributed by atoms with Crippen molar-refractivity contribution in [2.24, 2.45) is 11.7 Å². The number of benzene rings is 1. The molecule has 0 aromatic heterocycles. The molecule has 0 heterocycles. The molecule has 0 aliphatic heterocycles. The molecule has 2 unspecified atom stereocenters. The smallest absolute Gasteiger partial charge is 0.0361 e. The molecule has 0 saturated carbocycles. The molecule has 1 aromatic rings. The van der Waals surface area contributed by atoms with Crippen molar-refractivity contribution in [3.8, 4) is 0 Å². The van der Waals surface area contributed by atoms with Crippen LogP contribution >= 0.6 is 0 Å². The van der Waals surface area contributed by atoms with Gasteiger partial charge in [0.25, 0.3) is 0 Å². The van der Waals surface area contributed by atoms with E-state index in [0.717, 1.165) is 12.8 Å². The SMILES string of the molecule is C=CC1CCc2ccccc2C1N. The Morgan fingerprint density at radius 3 is 2.92 bits per heavy atom. The van der Waals surface area contributed by atoms with Crippen LogP contribution in [-0.4, -0.2) is 0 Å². The zero-order chi connectivity index (χ0) is 9.26. The highest BCUT2D eigenvalue weighted by Crippen LogP contribution is 2.32. The van der Waals surface area contributed by atoms with Crippen LogP contribution < -0.4 is 5.73 Å². The van der Waals surface area contributed by atoms with Gasteiger partial charge in [0, 0.05) is 6.04 Å². The number of nitrogens with two attached hydrogens (primary N) is 1. The molecule has 13 heavy (non-hydrogen) atoms. The molecule has 2 rings (SSSR count). The van der Waals surface area contributed by atoms with Crippen molar-refractivity contribution in [2.75, 3.05) is 0 Å². The fourth-order valence-electron chi connectivity index (χ4n) is 2.08. The Morgan fingerprint density at radius 2 is 2.15 bits per heavy atom. The minimum absolute atomic E-state index is 0.155. The average molecular weight is 173 g/mol. The first-order chi connectivity index (χ1) is 6.33. The van der Waals surface area contributed by atoms with Crippen molar-refractivity contribution < 1.29 is 0 Å². The van der Waals surface area contributed by atoms with Gasteiger partial charge in [0.05, 0.1) is 0 Å². The molecule has 1 aliphatic carbocycles. The molecule has 0 amide bonds. The monoisotopic (exact) mass is 173 g/mol. The van der Waals surface area contributed by atoms with Gasteiger partial charge in [-0.1, -0.05) is 30.3 Å². The summed E-state index contributed by atoms with van der Waals surface area (Å²) < 4.78 is 0. The maximum Gasteiger partial charge on any atom is 0.0361 e. The van der Waals surface area contributed by atoms with Crippen LogP contribution in [0.15, 0.2) is 36.9 Å². The summed E-state index contributed by atoms with van der Waals surface area (Å²) in [4.78, 5) is 0. The standard InChI is InChI=1S/C12H15N/c1-2-9-7-8-10-5-3-4-6-11(10)12(9)13/h2-6,9,12H,1,7-8,13H2. The van der Waals surface area contributed by atoms with Crippen molar-refractivity contribution in [1.82, 2.24) is 0 Å². The minimum Gasteiger partial charge on any atom is -0.323 e. The fraction of sp³-hybridized carbons (Fsp3) is 0.333. The highest BCUT2D eigenvalue weighted by molar-refractivity contribution is 5.33. The second kappa shape index (κ2) is 3.35. The zero-order valence-electron chi connectivity index (χ0n) is 7.74. The highest BCUT2D eigenvalue weighted by Gasteiger charge is 2.23. The van der Waals surface area contributed by atoms with E-state index in [0.29, 0.717) is 5.92 Å². The van der Waals surface area contributed by atoms with Crippen LogP contribution in [0.3, 0.4) is 0 Å². The van der Waals surface area contributed by atoms with Crippen molar-refractivity contribution in [3.05, 3.63) is 48.0 Å². The van der Waals surface area contributed by atoms with Crippen molar-refractivity contribution >= 4 is 0 Å². The van der Waals surface area contributed by atoms with Gasteiger partial charge in [-0.25, -0.2) is 0 Å². The third-order valence-electron chi connectivity index (χ3n) is 2.93. The molecule has 0 bridgehead atoms.